The summed E-state index contributed by atoms with van der Waals surface area (Å²) in [6, 6.07) is 0. The molecule has 0 unspecified atom stereocenters. The van der Waals surface area contributed by atoms with Gasteiger partial charge in [-0.15, -0.1) is 0 Å². The minimum absolute atomic E-state index is 0.227. The summed E-state index contributed by atoms with van der Waals surface area (Å²) in [5, 5.41) is 0. The summed E-state index contributed by atoms with van der Waals surface area (Å²) in [7, 11) is 0. The fourth-order valence-electron chi connectivity index (χ4n) is 7.84. The van der Waals surface area contributed by atoms with E-state index < -0.39 is 0 Å². The van der Waals surface area contributed by atoms with Gasteiger partial charge in [-0.1, -0.05) is 27.7 Å². The molecule has 118 valence electrons. The van der Waals surface area contributed by atoms with Crippen molar-refractivity contribution in [2.45, 2.75) is 79.1 Å². The molecule has 1 nitrogen and oxygen atoms in total. The molecule has 0 N–H and O–H groups in total. The zero-order valence-electron chi connectivity index (χ0n) is 14.4. The molecular weight excluding hydrogens is 256 g/mol. The number of ketones is 1. The Morgan fingerprint density at radius 3 is 2.57 bits per heavy atom. The van der Waals surface area contributed by atoms with E-state index in [1.54, 1.807) is 0 Å². The van der Waals surface area contributed by atoms with E-state index in [2.05, 4.69) is 27.7 Å². The molecule has 21 heavy (non-hydrogen) atoms. The fraction of sp³-hybridized carbons (Fsp3) is 0.950. The summed E-state index contributed by atoms with van der Waals surface area (Å²) in [4.78, 5) is 12.5. The lowest BCUT2D eigenvalue weighted by molar-refractivity contribution is -0.170. The molecule has 0 radical (unpaired) electrons. The summed E-state index contributed by atoms with van der Waals surface area (Å²) >= 11 is 0. The number of hydrogen-bond acceptors (Lipinski definition) is 1. The molecule has 6 atom stereocenters. The van der Waals surface area contributed by atoms with Crippen molar-refractivity contribution in [1.29, 1.82) is 0 Å². The molecule has 0 aliphatic heterocycles. The van der Waals surface area contributed by atoms with Gasteiger partial charge in [0.15, 0.2) is 0 Å². The summed E-state index contributed by atoms with van der Waals surface area (Å²) in [5.74, 6) is 4.13. The first-order valence-corrected chi connectivity index (χ1v) is 9.30. The largest absolute Gasteiger partial charge is 0.300 e. The van der Waals surface area contributed by atoms with Crippen LogP contribution in [0.2, 0.25) is 0 Å². The second-order valence-electron chi connectivity index (χ2n) is 10.00. The zero-order valence-corrected chi connectivity index (χ0v) is 14.4. The van der Waals surface area contributed by atoms with Gasteiger partial charge >= 0.3 is 0 Å². The second kappa shape index (κ2) is 4.15. The number of Topliss-reactive ketones (excluding diaryl/α,β-unsaturated/α-hetero) is 1. The maximum atomic E-state index is 12.5. The minimum atomic E-state index is 0.227. The van der Waals surface area contributed by atoms with Crippen LogP contribution >= 0.6 is 0 Å². The molecule has 0 heterocycles. The van der Waals surface area contributed by atoms with E-state index >= 15 is 0 Å². The van der Waals surface area contributed by atoms with E-state index in [0.717, 1.165) is 36.5 Å². The quantitative estimate of drug-likeness (QED) is 0.596. The minimum Gasteiger partial charge on any atom is -0.300 e. The van der Waals surface area contributed by atoms with Crippen LogP contribution in [0.25, 0.3) is 0 Å². The third kappa shape index (κ3) is 1.67. The van der Waals surface area contributed by atoms with E-state index in [4.69, 9.17) is 0 Å². The third-order valence-corrected chi connectivity index (χ3v) is 8.72. The number of hydrogen-bond donors (Lipinski definition) is 0. The summed E-state index contributed by atoms with van der Waals surface area (Å²) in [6.07, 6.45) is 10.3. The first kappa shape index (κ1) is 14.3. The Morgan fingerprint density at radius 1 is 1.05 bits per heavy atom. The number of fused-ring (bicyclic) bond motifs is 2. The van der Waals surface area contributed by atoms with Crippen LogP contribution in [0, 0.1) is 39.9 Å². The van der Waals surface area contributed by atoms with Gasteiger partial charge in [0.1, 0.15) is 5.78 Å². The van der Waals surface area contributed by atoms with Crippen molar-refractivity contribution < 1.29 is 4.79 Å². The van der Waals surface area contributed by atoms with Gasteiger partial charge < -0.3 is 0 Å². The molecule has 0 aromatic carbocycles. The van der Waals surface area contributed by atoms with Crippen LogP contribution in [0.5, 0.6) is 0 Å². The van der Waals surface area contributed by atoms with E-state index in [9.17, 15) is 4.79 Å². The van der Waals surface area contributed by atoms with Gasteiger partial charge in [-0.2, -0.15) is 0 Å². The molecule has 4 fully saturated rings. The molecule has 4 aliphatic carbocycles. The number of rotatable bonds is 0. The van der Waals surface area contributed by atoms with Crippen LogP contribution in [0.1, 0.15) is 79.1 Å². The van der Waals surface area contributed by atoms with Crippen LogP contribution in [0.3, 0.4) is 0 Å². The highest BCUT2D eigenvalue weighted by atomic mass is 16.1. The van der Waals surface area contributed by atoms with Crippen LogP contribution in [-0.4, -0.2) is 5.78 Å². The van der Waals surface area contributed by atoms with Crippen molar-refractivity contribution in [3.63, 3.8) is 0 Å². The SMILES string of the molecule is C[C@H]1CC[C@@]23C[C@@H]1C[C@@H]2CC[C@H]1C(C)(C)CC(=O)C[C@@]13C. The first-order chi connectivity index (χ1) is 9.78. The van der Waals surface area contributed by atoms with Crippen LogP contribution in [-0.2, 0) is 4.79 Å². The predicted molar refractivity (Wildman–Crippen MR) is 85.9 cm³/mol. The van der Waals surface area contributed by atoms with Gasteiger partial charge in [0.2, 0.25) is 0 Å². The highest BCUT2D eigenvalue weighted by molar-refractivity contribution is 5.81. The maximum Gasteiger partial charge on any atom is 0.134 e. The van der Waals surface area contributed by atoms with E-state index in [0.29, 0.717) is 16.6 Å². The molecule has 0 saturated heterocycles. The van der Waals surface area contributed by atoms with Gasteiger partial charge in [0.05, 0.1) is 0 Å². The molecule has 0 aromatic heterocycles. The van der Waals surface area contributed by atoms with Crippen molar-refractivity contribution in [3.05, 3.63) is 0 Å². The normalized spacial score (nSPS) is 55.0. The lowest BCUT2D eigenvalue weighted by Crippen LogP contribution is -2.59. The summed E-state index contributed by atoms with van der Waals surface area (Å²) < 4.78 is 0. The average molecular weight is 288 g/mol. The van der Waals surface area contributed by atoms with Crippen molar-refractivity contribution in [1.82, 2.24) is 0 Å². The molecule has 4 rings (SSSR count). The van der Waals surface area contributed by atoms with Crippen molar-refractivity contribution in [3.8, 4) is 0 Å². The number of carbonyl (C=O) groups is 1. The third-order valence-electron chi connectivity index (χ3n) is 8.72. The Balaban J connectivity index is 1.80. The predicted octanol–water partition coefficient (Wildman–Crippen LogP) is 5.23. The van der Waals surface area contributed by atoms with Crippen LogP contribution < -0.4 is 0 Å². The Morgan fingerprint density at radius 2 is 1.81 bits per heavy atom. The average Bonchev–Trinajstić information content (AvgIpc) is 2.69. The molecule has 2 bridgehead atoms. The van der Waals surface area contributed by atoms with Gasteiger partial charge in [-0.3, -0.25) is 4.79 Å². The van der Waals surface area contributed by atoms with Gasteiger partial charge in [0.25, 0.3) is 0 Å². The van der Waals surface area contributed by atoms with E-state index in [-0.39, 0.29) is 5.41 Å². The molecular formula is C20H32O. The van der Waals surface area contributed by atoms with Gasteiger partial charge in [-0.25, -0.2) is 0 Å². The Bertz CT molecular complexity index is 478. The highest BCUT2D eigenvalue weighted by Gasteiger charge is 2.67. The maximum absolute atomic E-state index is 12.5. The standard InChI is InChI=1S/C20H32O/c1-13-7-8-20-10-14(13)9-15(20)5-6-17-18(2,3)11-16(21)12-19(17,20)4/h13-15,17H,5-12H2,1-4H3/t13-,14-,15-,17-,19-,20+/m0/s1. The second-order valence-corrected chi connectivity index (χ2v) is 10.00. The van der Waals surface area contributed by atoms with Gasteiger partial charge in [-0.05, 0) is 78.4 Å². The highest BCUT2D eigenvalue weighted by Crippen LogP contribution is 2.74. The monoisotopic (exact) mass is 288 g/mol. The molecule has 4 saturated carbocycles. The summed E-state index contributed by atoms with van der Waals surface area (Å²) in [5.41, 5.74) is 1.04. The van der Waals surface area contributed by atoms with E-state index in [1.165, 1.54) is 38.5 Å². The molecule has 1 heteroatoms. The fourth-order valence-corrected chi connectivity index (χ4v) is 7.84. The van der Waals surface area contributed by atoms with Crippen LogP contribution in [0.4, 0.5) is 0 Å². The number of carbonyl (C=O) groups excluding carboxylic acids is 1. The Labute approximate surface area is 130 Å². The molecule has 0 amide bonds. The first-order valence-electron chi connectivity index (χ1n) is 9.30. The Kier molecular flexibility index (Phi) is 2.82. The molecule has 1 spiro atoms. The van der Waals surface area contributed by atoms with Crippen molar-refractivity contribution in [2.75, 3.05) is 0 Å². The van der Waals surface area contributed by atoms with E-state index in [1.807, 2.05) is 0 Å². The Hall–Kier alpha value is -0.330. The lowest BCUT2D eigenvalue weighted by Gasteiger charge is -2.64. The smallest absolute Gasteiger partial charge is 0.134 e. The summed E-state index contributed by atoms with van der Waals surface area (Å²) in [6.45, 7) is 9.76. The zero-order chi connectivity index (χ0) is 15.0. The van der Waals surface area contributed by atoms with Crippen molar-refractivity contribution >= 4 is 5.78 Å². The topological polar surface area (TPSA) is 17.1 Å². The molecule has 0 aromatic rings. The lowest BCUT2D eigenvalue weighted by atomic mass is 9.39. The van der Waals surface area contributed by atoms with Crippen LogP contribution in [0.15, 0.2) is 0 Å². The van der Waals surface area contributed by atoms with Gasteiger partial charge in [0, 0.05) is 12.8 Å². The van der Waals surface area contributed by atoms with Crippen molar-refractivity contribution in [2.24, 2.45) is 39.9 Å². The molecule has 4 aliphatic rings.